The first kappa shape index (κ1) is 20.6. The van der Waals surface area contributed by atoms with Crippen LogP contribution in [0.3, 0.4) is 0 Å². The zero-order valence-electron chi connectivity index (χ0n) is 16.7. The van der Waals surface area contributed by atoms with Crippen molar-refractivity contribution >= 4 is 23.7 Å². The fourth-order valence-electron chi connectivity index (χ4n) is 3.15. The van der Waals surface area contributed by atoms with Crippen LogP contribution < -0.4 is 5.32 Å². The van der Waals surface area contributed by atoms with Crippen molar-refractivity contribution in [1.82, 2.24) is 15.1 Å². The van der Waals surface area contributed by atoms with Crippen LogP contribution in [0.1, 0.15) is 51.1 Å². The third kappa shape index (κ3) is 4.72. The SMILES string of the molecule is Cc1ccccc1[C@H]1S[C@@H](C)C(=O)N1CCN(C(=O)NC(C)C)C(C)C. The number of rotatable bonds is 6. The molecule has 1 N–H and O–H groups in total. The zero-order valence-corrected chi connectivity index (χ0v) is 17.5. The molecule has 1 aromatic rings. The maximum absolute atomic E-state index is 12.7. The molecule has 0 aliphatic carbocycles. The molecule has 6 heteroatoms. The lowest BCUT2D eigenvalue weighted by Crippen LogP contribution is -2.49. The molecule has 0 radical (unpaired) electrons. The lowest BCUT2D eigenvalue weighted by molar-refractivity contribution is -0.130. The fourth-order valence-corrected chi connectivity index (χ4v) is 4.55. The van der Waals surface area contributed by atoms with E-state index in [-0.39, 0.29) is 34.6 Å². The number of amides is 3. The lowest BCUT2D eigenvalue weighted by atomic mass is 10.1. The Labute approximate surface area is 161 Å². The smallest absolute Gasteiger partial charge is 0.317 e. The minimum atomic E-state index is -0.0743. The van der Waals surface area contributed by atoms with Gasteiger partial charge in [-0.05, 0) is 52.7 Å². The van der Waals surface area contributed by atoms with Crippen LogP contribution in [0.15, 0.2) is 24.3 Å². The van der Waals surface area contributed by atoms with E-state index in [1.807, 2.05) is 51.7 Å². The number of carbonyl (C=O) groups excluding carboxylic acids is 2. The van der Waals surface area contributed by atoms with Crippen molar-refractivity contribution in [2.75, 3.05) is 13.1 Å². The molecule has 26 heavy (non-hydrogen) atoms. The molecule has 1 heterocycles. The number of benzene rings is 1. The minimum Gasteiger partial charge on any atom is -0.336 e. The van der Waals surface area contributed by atoms with Crippen LogP contribution in [0.2, 0.25) is 0 Å². The number of hydrogen-bond acceptors (Lipinski definition) is 3. The molecule has 1 saturated heterocycles. The van der Waals surface area contributed by atoms with Crippen molar-refractivity contribution in [3.63, 3.8) is 0 Å². The van der Waals surface area contributed by atoms with Crippen molar-refractivity contribution in [2.24, 2.45) is 0 Å². The summed E-state index contributed by atoms with van der Waals surface area (Å²) >= 11 is 1.69. The van der Waals surface area contributed by atoms with E-state index in [4.69, 9.17) is 0 Å². The highest BCUT2D eigenvalue weighted by Crippen LogP contribution is 2.43. The number of aryl methyl sites for hydroxylation is 1. The molecule has 0 aromatic heterocycles. The van der Waals surface area contributed by atoms with Gasteiger partial charge in [-0.15, -0.1) is 11.8 Å². The molecular formula is C20H31N3O2S. The van der Waals surface area contributed by atoms with Gasteiger partial charge in [-0.25, -0.2) is 4.79 Å². The van der Waals surface area contributed by atoms with Gasteiger partial charge in [0.1, 0.15) is 5.37 Å². The molecule has 2 rings (SSSR count). The number of hydrogen-bond donors (Lipinski definition) is 1. The Kier molecular flexibility index (Phi) is 6.98. The van der Waals surface area contributed by atoms with Crippen LogP contribution >= 0.6 is 11.8 Å². The molecule has 1 aliphatic heterocycles. The van der Waals surface area contributed by atoms with E-state index in [1.54, 1.807) is 16.7 Å². The third-order valence-electron chi connectivity index (χ3n) is 4.58. The van der Waals surface area contributed by atoms with Crippen molar-refractivity contribution in [3.05, 3.63) is 35.4 Å². The summed E-state index contributed by atoms with van der Waals surface area (Å²) in [5, 5.41) is 2.91. The summed E-state index contributed by atoms with van der Waals surface area (Å²) in [6, 6.07) is 8.31. The number of carbonyl (C=O) groups is 2. The maximum Gasteiger partial charge on any atom is 0.317 e. The monoisotopic (exact) mass is 377 g/mol. The van der Waals surface area contributed by atoms with Crippen LogP contribution in [0, 0.1) is 6.92 Å². The summed E-state index contributed by atoms with van der Waals surface area (Å²) in [5.74, 6) is 0.149. The molecule has 5 nitrogen and oxygen atoms in total. The van der Waals surface area contributed by atoms with Crippen LogP contribution in [-0.2, 0) is 4.79 Å². The van der Waals surface area contributed by atoms with Crippen molar-refractivity contribution < 1.29 is 9.59 Å². The number of thioether (sulfide) groups is 1. The Bertz CT molecular complexity index is 648. The third-order valence-corrected chi connectivity index (χ3v) is 5.96. The summed E-state index contributed by atoms with van der Waals surface area (Å²) in [5.41, 5.74) is 2.37. The van der Waals surface area contributed by atoms with Gasteiger partial charge in [0.15, 0.2) is 0 Å². The minimum absolute atomic E-state index is 0.0147. The van der Waals surface area contributed by atoms with E-state index in [0.29, 0.717) is 13.1 Å². The summed E-state index contributed by atoms with van der Waals surface area (Å²) in [6.07, 6.45) is 0. The first-order valence-corrected chi connectivity index (χ1v) is 10.2. The number of urea groups is 1. The summed E-state index contributed by atoms with van der Waals surface area (Å²) in [7, 11) is 0. The second kappa shape index (κ2) is 8.80. The molecule has 1 aromatic carbocycles. The molecule has 3 amide bonds. The average molecular weight is 378 g/mol. The largest absolute Gasteiger partial charge is 0.336 e. The van der Waals surface area contributed by atoms with Crippen LogP contribution in [0.5, 0.6) is 0 Å². The van der Waals surface area contributed by atoms with E-state index < -0.39 is 0 Å². The average Bonchev–Trinajstić information content (AvgIpc) is 2.82. The van der Waals surface area contributed by atoms with E-state index >= 15 is 0 Å². The quantitative estimate of drug-likeness (QED) is 0.821. The molecule has 0 saturated carbocycles. The lowest BCUT2D eigenvalue weighted by Gasteiger charge is -2.32. The van der Waals surface area contributed by atoms with Crippen molar-refractivity contribution in [1.29, 1.82) is 0 Å². The molecule has 0 spiro atoms. The predicted octanol–water partition coefficient (Wildman–Crippen LogP) is 3.79. The molecule has 144 valence electrons. The second-order valence-corrected chi connectivity index (χ2v) is 8.84. The predicted molar refractivity (Wildman–Crippen MR) is 108 cm³/mol. The van der Waals surface area contributed by atoms with Gasteiger partial charge in [0, 0.05) is 25.2 Å². The van der Waals surface area contributed by atoms with E-state index in [2.05, 4.69) is 24.4 Å². The molecule has 0 unspecified atom stereocenters. The topological polar surface area (TPSA) is 52.7 Å². The van der Waals surface area contributed by atoms with Gasteiger partial charge >= 0.3 is 6.03 Å². The highest BCUT2D eigenvalue weighted by Gasteiger charge is 2.39. The Balaban J connectivity index is 2.15. The Morgan fingerprint density at radius 1 is 1.27 bits per heavy atom. The Morgan fingerprint density at radius 2 is 1.92 bits per heavy atom. The van der Waals surface area contributed by atoms with Gasteiger partial charge in [-0.3, -0.25) is 4.79 Å². The van der Waals surface area contributed by atoms with Gasteiger partial charge in [0.2, 0.25) is 5.91 Å². The first-order chi connectivity index (χ1) is 12.2. The molecule has 1 fully saturated rings. The van der Waals surface area contributed by atoms with Gasteiger partial charge in [-0.2, -0.15) is 0 Å². The van der Waals surface area contributed by atoms with E-state index in [1.165, 1.54) is 11.1 Å². The van der Waals surface area contributed by atoms with Crippen molar-refractivity contribution in [2.45, 2.75) is 64.2 Å². The van der Waals surface area contributed by atoms with Gasteiger partial charge in [-0.1, -0.05) is 24.3 Å². The van der Waals surface area contributed by atoms with E-state index in [0.717, 1.165) is 0 Å². The molecule has 0 bridgehead atoms. The molecule has 2 atom stereocenters. The van der Waals surface area contributed by atoms with Gasteiger partial charge in [0.25, 0.3) is 0 Å². The van der Waals surface area contributed by atoms with Crippen molar-refractivity contribution in [3.8, 4) is 0 Å². The maximum atomic E-state index is 12.7. The fraction of sp³-hybridized carbons (Fsp3) is 0.600. The van der Waals surface area contributed by atoms with Crippen LogP contribution in [-0.4, -0.2) is 52.2 Å². The summed E-state index contributed by atoms with van der Waals surface area (Å²) in [4.78, 5) is 28.9. The van der Waals surface area contributed by atoms with E-state index in [9.17, 15) is 9.59 Å². The second-order valence-electron chi connectivity index (χ2n) is 7.41. The highest BCUT2D eigenvalue weighted by atomic mass is 32.2. The molecular weight excluding hydrogens is 346 g/mol. The summed E-state index contributed by atoms with van der Waals surface area (Å²) in [6.45, 7) is 13.0. The van der Waals surface area contributed by atoms with Crippen LogP contribution in [0.4, 0.5) is 4.79 Å². The first-order valence-electron chi connectivity index (χ1n) is 9.31. The normalized spacial score (nSPS) is 20.2. The number of nitrogens with one attached hydrogen (secondary N) is 1. The standard InChI is InChI=1S/C20H31N3O2S/c1-13(2)21-20(25)22(14(3)4)11-12-23-18(24)16(6)26-19(23)17-10-8-7-9-15(17)5/h7-10,13-14,16,19H,11-12H2,1-6H3,(H,21,25)/t16-,19+/m0/s1. The van der Waals surface area contributed by atoms with Gasteiger partial charge in [0.05, 0.1) is 5.25 Å². The zero-order chi connectivity index (χ0) is 19.4. The van der Waals surface area contributed by atoms with Gasteiger partial charge < -0.3 is 15.1 Å². The summed E-state index contributed by atoms with van der Waals surface area (Å²) < 4.78 is 0. The number of nitrogens with zero attached hydrogens (tertiary/aromatic N) is 2. The Hall–Kier alpha value is -1.69. The van der Waals surface area contributed by atoms with Crippen LogP contribution in [0.25, 0.3) is 0 Å². The molecule has 1 aliphatic rings. The Morgan fingerprint density at radius 3 is 2.50 bits per heavy atom. The highest BCUT2D eigenvalue weighted by molar-refractivity contribution is 8.01.